The molecular formula is C16H21N3O2S. The van der Waals surface area contributed by atoms with E-state index in [1.165, 1.54) is 25.7 Å². The van der Waals surface area contributed by atoms with Crippen LogP contribution in [0.15, 0.2) is 17.6 Å². The van der Waals surface area contributed by atoms with Crippen LogP contribution in [0.5, 0.6) is 0 Å². The van der Waals surface area contributed by atoms with Gasteiger partial charge in [0.1, 0.15) is 5.69 Å². The second-order valence-electron chi connectivity index (χ2n) is 5.86. The van der Waals surface area contributed by atoms with E-state index in [9.17, 15) is 9.90 Å². The quantitative estimate of drug-likeness (QED) is 0.938. The zero-order chi connectivity index (χ0) is 15.5. The number of hydrogen-bond acceptors (Lipinski definition) is 4. The van der Waals surface area contributed by atoms with E-state index in [1.807, 2.05) is 18.5 Å². The lowest BCUT2D eigenvalue weighted by Gasteiger charge is -2.18. The highest BCUT2D eigenvalue weighted by Crippen LogP contribution is 2.24. The van der Waals surface area contributed by atoms with Crippen molar-refractivity contribution in [1.29, 1.82) is 0 Å². The van der Waals surface area contributed by atoms with Crippen molar-refractivity contribution in [1.82, 2.24) is 9.55 Å². The van der Waals surface area contributed by atoms with Crippen molar-refractivity contribution >= 4 is 22.4 Å². The average molecular weight is 319 g/mol. The molecule has 3 heterocycles. The molecule has 0 amide bonds. The van der Waals surface area contributed by atoms with Crippen molar-refractivity contribution in [2.45, 2.75) is 39.2 Å². The van der Waals surface area contributed by atoms with E-state index < -0.39 is 5.97 Å². The molecule has 1 aliphatic rings. The third-order valence-electron chi connectivity index (χ3n) is 4.00. The Morgan fingerprint density at radius 1 is 1.32 bits per heavy atom. The number of aromatic nitrogens is 2. The molecule has 2 aromatic heterocycles. The van der Waals surface area contributed by atoms with Crippen LogP contribution in [0.3, 0.4) is 0 Å². The molecule has 0 saturated carbocycles. The van der Waals surface area contributed by atoms with E-state index in [2.05, 4.69) is 4.90 Å². The van der Waals surface area contributed by atoms with E-state index in [-0.39, 0.29) is 0 Å². The summed E-state index contributed by atoms with van der Waals surface area (Å²) in [7, 11) is 0. The van der Waals surface area contributed by atoms with Gasteiger partial charge in [-0.05, 0) is 31.4 Å². The van der Waals surface area contributed by atoms with Gasteiger partial charge in [-0.3, -0.25) is 0 Å². The second-order valence-corrected chi connectivity index (χ2v) is 6.69. The van der Waals surface area contributed by atoms with Crippen molar-refractivity contribution in [2.75, 3.05) is 18.0 Å². The lowest BCUT2D eigenvalue weighted by molar-refractivity contribution is 0.0685. The van der Waals surface area contributed by atoms with Crippen molar-refractivity contribution in [3.05, 3.63) is 34.6 Å². The Morgan fingerprint density at radius 2 is 2.05 bits per heavy atom. The fraction of sp³-hybridized carbons (Fsp3) is 0.500. The van der Waals surface area contributed by atoms with Crippen LogP contribution in [0.4, 0.5) is 5.13 Å². The maximum absolute atomic E-state index is 11.3. The van der Waals surface area contributed by atoms with Crippen molar-refractivity contribution in [2.24, 2.45) is 0 Å². The van der Waals surface area contributed by atoms with E-state index in [0.29, 0.717) is 12.2 Å². The fourth-order valence-electron chi connectivity index (χ4n) is 2.92. The van der Waals surface area contributed by atoms with Crippen LogP contribution in [0.2, 0.25) is 0 Å². The lowest BCUT2D eigenvalue weighted by atomic mass is 10.2. The Kier molecular flexibility index (Phi) is 4.47. The number of anilines is 1. The molecule has 0 unspecified atom stereocenters. The Labute approximate surface area is 134 Å². The third kappa shape index (κ3) is 3.32. The van der Waals surface area contributed by atoms with Gasteiger partial charge in [-0.1, -0.05) is 12.8 Å². The molecule has 22 heavy (non-hydrogen) atoms. The first-order valence-electron chi connectivity index (χ1n) is 7.73. The number of aromatic carboxylic acids is 1. The van der Waals surface area contributed by atoms with Gasteiger partial charge < -0.3 is 14.6 Å². The van der Waals surface area contributed by atoms with Gasteiger partial charge in [0.05, 0.1) is 12.2 Å². The van der Waals surface area contributed by atoms with Crippen LogP contribution >= 0.6 is 11.3 Å². The lowest BCUT2D eigenvalue weighted by Crippen LogP contribution is -2.23. The number of rotatable bonds is 4. The van der Waals surface area contributed by atoms with Gasteiger partial charge in [-0.25, -0.2) is 9.78 Å². The summed E-state index contributed by atoms with van der Waals surface area (Å²) < 4.78 is 1.76. The summed E-state index contributed by atoms with van der Waals surface area (Å²) >= 11 is 1.66. The van der Waals surface area contributed by atoms with E-state index in [4.69, 9.17) is 4.98 Å². The summed E-state index contributed by atoms with van der Waals surface area (Å²) in [4.78, 5) is 18.3. The summed E-state index contributed by atoms with van der Waals surface area (Å²) in [5.41, 5.74) is 2.21. The minimum atomic E-state index is -0.893. The summed E-state index contributed by atoms with van der Waals surface area (Å²) in [6, 6.07) is 1.70. The topological polar surface area (TPSA) is 58.4 Å². The molecule has 0 bridgehead atoms. The molecule has 1 N–H and O–H groups in total. The first-order chi connectivity index (χ1) is 10.6. The van der Waals surface area contributed by atoms with Crippen LogP contribution in [0.1, 0.15) is 47.4 Å². The maximum atomic E-state index is 11.3. The molecule has 1 fully saturated rings. The predicted molar refractivity (Wildman–Crippen MR) is 88.0 cm³/mol. The fourth-order valence-corrected chi connectivity index (χ4v) is 3.79. The van der Waals surface area contributed by atoms with Gasteiger partial charge in [-0.2, -0.15) is 0 Å². The van der Waals surface area contributed by atoms with Gasteiger partial charge in [0.2, 0.25) is 0 Å². The first kappa shape index (κ1) is 15.1. The Balaban J connectivity index is 1.75. The molecule has 0 atom stereocenters. The molecule has 3 rings (SSSR count). The molecule has 6 heteroatoms. The average Bonchev–Trinajstić information content (AvgIpc) is 2.98. The number of carbonyl (C=O) groups is 1. The van der Waals surface area contributed by atoms with Crippen LogP contribution in [-0.4, -0.2) is 33.7 Å². The maximum Gasteiger partial charge on any atom is 0.352 e. The van der Waals surface area contributed by atoms with Crippen LogP contribution in [0.25, 0.3) is 0 Å². The SMILES string of the molecule is Cc1cc(C(=O)O)n(Cc2csc(N3CCCCCC3)n2)c1. The number of hydrogen-bond donors (Lipinski definition) is 1. The summed E-state index contributed by atoms with van der Waals surface area (Å²) in [6.07, 6.45) is 6.94. The second kappa shape index (κ2) is 6.52. The highest BCUT2D eigenvalue weighted by molar-refractivity contribution is 7.13. The molecule has 5 nitrogen and oxygen atoms in total. The highest BCUT2D eigenvalue weighted by Gasteiger charge is 2.15. The molecular weight excluding hydrogens is 298 g/mol. The number of carboxylic acid groups (broad SMARTS) is 1. The van der Waals surface area contributed by atoms with E-state index in [0.717, 1.165) is 29.5 Å². The monoisotopic (exact) mass is 319 g/mol. The summed E-state index contributed by atoms with van der Waals surface area (Å²) in [5, 5.41) is 12.4. The smallest absolute Gasteiger partial charge is 0.352 e. The van der Waals surface area contributed by atoms with Crippen LogP contribution in [0, 0.1) is 6.92 Å². The largest absolute Gasteiger partial charge is 0.477 e. The Morgan fingerprint density at radius 3 is 2.73 bits per heavy atom. The molecule has 118 valence electrons. The van der Waals surface area contributed by atoms with Crippen LogP contribution in [-0.2, 0) is 6.54 Å². The number of carboxylic acids is 1. The zero-order valence-corrected chi connectivity index (χ0v) is 13.6. The summed E-state index contributed by atoms with van der Waals surface area (Å²) in [6.45, 7) is 4.58. The van der Waals surface area contributed by atoms with Gasteiger partial charge >= 0.3 is 5.97 Å². The molecule has 1 aliphatic heterocycles. The van der Waals surface area contributed by atoms with Crippen LogP contribution < -0.4 is 4.90 Å². The molecule has 0 aromatic carbocycles. The Bertz CT molecular complexity index is 654. The molecule has 0 spiro atoms. The summed E-state index contributed by atoms with van der Waals surface area (Å²) in [5.74, 6) is -0.893. The molecule has 0 radical (unpaired) electrons. The van der Waals surface area contributed by atoms with Gasteiger partial charge in [0.15, 0.2) is 5.13 Å². The minimum Gasteiger partial charge on any atom is -0.477 e. The molecule has 1 saturated heterocycles. The minimum absolute atomic E-state index is 0.321. The van der Waals surface area contributed by atoms with Gasteiger partial charge in [0, 0.05) is 24.7 Å². The number of aryl methyl sites for hydroxylation is 1. The Hall–Kier alpha value is -1.82. The van der Waals surface area contributed by atoms with Gasteiger partial charge in [-0.15, -0.1) is 11.3 Å². The van der Waals surface area contributed by atoms with Crippen molar-refractivity contribution in [3.63, 3.8) is 0 Å². The highest BCUT2D eigenvalue weighted by atomic mass is 32.1. The van der Waals surface area contributed by atoms with E-state index in [1.54, 1.807) is 22.0 Å². The van der Waals surface area contributed by atoms with Crippen molar-refractivity contribution in [3.8, 4) is 0 Å². The third-order valence-corrected chi connectivity index (χ3v) is 4.95. The number of nitrogens with zero attached hydrogens (tertiary/aromatic N) is 3. The van der Waals surface area contributed by atoms with Gasteiger partial charge in [0.25, 0.3) is 0 Å². The molecule has 2 aromatic rings. The number of thiazole rings is 1. The van der Waals surface area contributed by atoms with Crippen molar-refractivity contribution < 1.29 is 9.90 Å². The standard InChI is InChI=1S/C16H21N3O2S/c1-12-8-14(15(20)21)19(9-12)10-13-11-22-16(17-13)18-6-4-2-3-5-7-18/h8-9,11H,2-7,10H2,1H3,(H,20,21). The normalized spacial score (nSPS) is 15.8. The zero-order valence-electron chi connectivity index (χ0n) is 12.8. The molecule has 0 aliphatic carbocycles. The first-order valence-corrected chi connectivity index (χ1v) is 8.61. The predicted octanol–water partition coefficient (Wildman–Crippen LogP) is 3.38. The van der Waals surface area contributed by atoms with E-state index >= 15 is 0 Å².